The van der Waals surface area contributed by atoms with E-state index < -0.39 is 3.25 Å². The summed E-state index contributed by atoms with van der Waals surface area (Å²) in [7, 11) is 0. The lowest BCUT2D eigenvalue weighted by atomic mass is 11.8. The van der Waals surface area contributed by atoms with E-state index >= 15 is 0 Å². The number of hydrogen-bond donors (Lipinski definition) is 0. The summed E-state index contributed by atoms with van der Waals surface area (Å²) in [4.78, 5) is 0. The molecule has 0 aliphatic carbocycles. The first-order chi connectivity index (χ1) is 3.73. The van der Waals surface area contributed by atoms with Crippen LogP contribution in [-0.4, -0.2) is 3.25 Å². The highest BCUT2D eigenvalue weighted by Gasteiger charge is 2.11. The molecule has 0 unspecified atom stereocenters. The fourth-order valence-electron chi connectivity index (χ4n) is 0. The number of rotatable bonds is 0. The van der Waals surface area contributed by atoms with Crippen molar-refractivity contribution in [2.24, 2.45) is 0 Å². The molecule has 0 amide bonds. The van der Waals surface area contributed by atoms with Crippen LogP contribution in [0.25, 0.3) is 0 Å². The Balaban J connectivity index is 0. The normalized spacial score (nSPS) is 10.7. The average Bonchev–Trinajstić information content (AvgIpc) is 1.19. The molecule has 0 rings (SSSR count). The molecule has 7 heteroatoms. The molecule has 1 radical (unpaired) electrons. The fourth-order valence-corrected chi connectivity index (χ4v) is 0. The van der Waals surface area contributed by atoms with E-state index in [4.69, 9.17) is 81.2 Å². The van der Waals surface area contributed by atoms with Crippen LogP contribution in [0.1, 0.15) is 0 Å². The van der Waals surface area contributed by atoms with Gasteiger partial charge in [0.1, 0.15) is 0 Å². The van der Waals surface area contributed by atoms with Crippen LogP contribution in [0, 0.1) is 4.30 Å². The Morgan fingerprint density at radius 1 is 0.778 bits per heavy atom. The second-order valence-electron chi connectivity index (χ2n) is 0.643. The summed E-state index contributed by atoms with van der Waals surface area (Å²) in [6.45, 7) is 0. The third-order valence-electron chi connectivity index (χ3n) is 0. The predicted octanol–water partition coefficient (Wildman–Crippen LogP) is 4.70. The Morgan fingerprint density at radius 2 is 0.778 bits per heavy atom. The number of alkyl halides is 4. The molecular formula is C2Cl7. The molecule has 0 N–H and O–H groups in total. The average molecular weight is 272 g/mol. The molecule has 0 aliphatic heterocycles. The zero-order valence-corrected chi connectivity index (χ0v) is 8.94. The molecule has 0 bridgehead atoms. The molecule has 0 aromatic heterocycles. The zero-order chi connectivity index (χ0) is 8.08. The summed E-state index contributed by atoms with van der Waals surface area (Å²) in [6, 6.07) is 0. The van der Waals surface area contributed by atoms with Gasteiger partial charge >= 0.3 is 0 Å². The van der Waals surface area contributed by atoms with Gasteiger partial charge in [-0.15, -0.1) is 0 Å². The summed E-state index contributed by atoms with van der Waals surface area (Å²) in [5.74, 6) is 0. The highest BCUT2D eigenvalue weighted by molar-refractivity contribution is 6.83. The van der Waals surface area contributed by atoms with Crippen molar-refractivity contribution in [3.05, 3.63) is 4.30 Å². The van der Waals surface area contributed by atoms with Gasteiger partial charge in [-0.25, -0.2) is 0 Å². The second-order valence-corrected chi connectivity index (χ2v) is 5.79. The number of hydrogen-bond acceptors (Lipinski definition) is 0. The lowest BCUT2D eigenvalue weighted by molar-refractivity contribution is 1.76. The largest absolute Gasteiger partial charge is 0.266 e. The molecule has 0 spiro atoms. The molecule has 57 valence electrons. The molecule has 0 atom stereocenters. The standard InChI is InChI=1S/CCl4.CCl3/c2-1(3,4)5;2-1(3)4. The Bertz CT molecular complexity index is 43.7. The van der Waals surface area contributed by atoms with Crippen molar-refractivity contribution in [3.63, 3.8) is 0 Å². The van der Waals surface area contributed by atoms with Crippen molar-refractivity contribution in [2.45, 2.75) is 3.25 Å². The fraction of sp³-hybridized carbons (Fsp3) is 0.500. The first-order valence-corrected chi connectivity index (χ1v) is 3.97. The molecule has 0 fully saturated rings. The van der Waals surface area contributed by atoms with Crippen LogP contribution in [0.2, 0.25) is 0 Å². The third kappa shape index (κ3) is 157. The summed E-state index contributed by atoms with van der Waals surface area (Å²) in [5, 5.41) is 0. The summed E-state index contributed by atoms with van der Waals surface area (Å²) < 4.78 is -1.78. The SMILES string of the molecule is ClC(Cl)(Cl)Cl.Cl[C](Cl)Cl. The van der Waals surface area contributed by atoms with E-state index in [2.05, 4.69) is 0 Å². The molecule has 0 heterocycles. The van der Waals surface area contributed by atoms with Gasteiger partial charge in [0.25, 0.3) is 3.25 Å². The van der Waals surface area contributed by atoms with Gasteiger partial charge in [-0.2, -0.15) is 0 Å². The van der Waals surface area contributed by atoms with Crippen LogP contribution >= 0.6 is 81.2 Å². The van der Waals surface area contributed by atoms with Crippen LogP contribution in [-0.2, 0) is 0 Å². The van der Waals surface area contributed by atoms with Crippen molar-refractivity contribution in [3.8, 4) is 0 Å². The summed E-state index contributed by atoms with van der Waals surface area (Å²) >= 11 is 33.5. The van der Waals surface area contributed by atoms with E-state index in [1.165, 1.54) is 0 Å². The van der Waals surface area contributed by atoms with Crippen molar-refractivity contribution in [2.75, 3.05) is 0 Å². The summed E-state index contributed by atoms with van der Waals surface area (Å²) in [5.41, 5.74) is 0. The van der Waals surface area contributed by atoms with E-state index in [1.807, 2.05) is 0 Å². The van der Waals surface area contributed by atoms with Crippen molar-refractivity contribution >= 4 is 81.2 Å². The maximum atomic E-state index is 4.83. The maximum Gasteiger partial charge on any atom is 0.266 e. The number of halogens is 7. The quantitative estimate of drug-likeness (QED) is 0.560. The van der Waals surface area contributed by atoms with E-state index in [9.17, 15) is 0 Å². The molecule has 0 aromatic carbocycles. The summed E-state index contributed by atoms with van der Waals surface area (Å²) in [6.07, 6.45) is 0. The first-order valence-electron chi connectivity index (χ1n) is 1.32. The van der Waals surface area contributed by atoms with Crippen molar-refractivity contribution < 1.29 is 0 Å². The van der Waals surface area contributed by atoms with Gasteiger partial charge < -0.3 is 0 Å². The van der Waals surface area contributed by atoms with E-state index in [0.29, 0.717) is 0 Å². The Hall–Kier alpha value is 2.03. The van der Waals surface area contributed by atoms with E-state index in [-0.39, 0.29) is 4.30 Å². The molecule has 0 aliphatic rings. The Morgan fingerprint density at radius 3 is 0.778 bits per heavy atom. The Labute approximate surface area is 88.2 Å². The minimum Gasteiger partial charge on any atom is -0.0788 e. The monoisotopic (exact) mass is 269 g/mol. The van der Waals surface area contributed by atoms with Crippen LogP contribution in [0.3, 0.4) is 0 Å². The molecule has 0 nitrogen and oxygen atoms in total. The maximum absolute atomic E-state index is 4.83. The molecular weight excluding hydrogens is 272 g/mol. The lowest BCUT2D eigenvalue weighted by Gasteiger charge is -1.91. The topological polar surface area (TPSA) is 0 Å². The highest BCUT2D eigenvalue weighted by atomic mass is 35.6. The van der Waals surface area contributed by atoms with Gasteiger partial charge in [0.15, 0.2) is 0 Å². The highest BCUT2D eigenvalue weighted by Crippen LogP contribution is 2.29. The van der Waals surface area contributed by atoms with Crippen molar-refractivity contribution in [1.82, 2.24) is 0 Å². The predicted molar refractivity (Wildman–Crippen MR) is 46.9 cm³/mol. The van der Waals surface area contributed by atoms with Crippen molar-refractivity contribution in [1.29, 1.82) is 0 Å². The molecule has 0 saturated heterocycles. The molecule has 0 saturated carbocycles. The minimum absolute atomic E-state index is 0.167. The van der Waals surface area contributed by atoms with Crippen LogP contribution in [0.4, 0.5) is 0 Å². The van der Waals surface area contributed by atoms with Gasteiger partial charge in [0.05, 0.1) is 0 Å². The minimum atomic E-state index is -1.61. The molecule has 0 aromatic rings. The van der Waals surface area contributed by atoms with Gasteiger partial charge in [0.2, 0.25) is 4.30 Å². The third-order valence-corrected chi connectivity index (χ3v) is 0. The van der Waals surface area contributed by atoms with Gasteiger partial charge in [-0.05, 0) is 0 Å². The molecule has 9 heavy (non-hydrogen) atoms. The van der Waals surface area contributed by atoms with Crippen LogP contribution in [0.15, 0.2) is 0 Å². The van der Waals surface area contributed by atoms with Crippen LogP contribution < -0.4 is 0 Å². The second kappa shape index (κ2) is 6.72. The van der Waals surface area contributed by atoms with Crippen LogP contribution in [0.5, 0.6) is 0 Å². The first kappa shape index (κ1) is 13.6. The van der Waals surface area contributed by atoms with Gasteiger partial charge in [-0.1, -0.05) is 81.2 Å². The van der Waals surface area contributed by atoms with Gasteiger partial charge in [0, 0.05) is 0 Å². The van der Waals surface area contributed by atoms with E-state index in [0.717, 1.165) is 0 Å². The van der Waals surface area contributed by atoms with E-state index in [1.54, 1.807) is 0 Å². The van der Waals surface area contributed by atoms with Gasteiger partial charge in [-0.3, -0.25) is 0 Å². The Kier molecular flexibility index (Phi) is 10.2. The zero-order valence-electron chi connectivity index (χ0n) is 3.65. The smallest absolute Gasteiger partial charge is 0.0788 e. The lowest BCUT2D eigenvalue weighted by Crippen LogP contribution is -1.81.